The van der Waals surface area contributed by atoms with Crippen LogP contribution in [0, 0.1) is 5.82 Å². The van der Waals surface area contributed by atoms with Gasteiger partial charge in [-0.05, 0) is 24.3 Å². The topological polar surface area (TPSA) is 32.8 Å². The Labute approximate surface area is 94.2 Å². The standard InChI is InChI=1S/C11H15FN2O2/c1-13(8-11(15)14(2)16-3)10-6-4-9(12)5-7-10/h4-7H,8H2,1-3H3. The third-order valence-corrected chi connectivity index (χ3v) is 2.26. The molecule has 0 unspecified atom stereocenters. The molecule has 1 rings (SSSR count). The Kier molecular flexibility index (Phi) is 4.25. The Morgan fingerprint density at radius 3 is 2.38 bits per heavy atom. The highest BCUT2D eigenvalue weighted by Gasteiger charge is 2.11. The van der Waals surface area contributed by atoms with Gasteiger partial charge >= 0.3 is 0 Å². The molecule has 1 aromatic rings. The largest absolute Gasteiger partial charge is 0.365 e. The fourth-order valence-corrected chi connectivity index (χ4v) is 1.19. The van der Waals surface area contributed by atoms with Crippen LogP contribution < -0.4 is 4.90 Å². The molecule has 5 heteroatoms. The molecule has 0 spiro atoms. The van der Waals surface area contributed by atoms with Gasteiger partial charge in [-0.2, -0.15) is 0 Å². The molecule has 0 bridgehead atoms. The number of hydroxylamine groups is 2. The molecule has 0 atom stereocenters. The van der Waals surface area contributed by atoms with Gasteiger partial charge in [-0.3, -0.25) is 9.63 Å². The van der Waals surface area contributed by atoms with Gasteiger partial charge in [-0.25, -0.2) is 9.45 Å². The van der Waals surface area contributed by atoms with Crippen LogP contribution in [0.3, 0.4) is 0 Å². The molecule has 16 heavy (non-hydrogen) atoms. The quantitative estimate of drug-likeness (QED) is 0.725. The minimum Gasteiger partial charge on any atom is -0.365 e. The van der Waals surface area contributed by atoms with E-state index in [1.807, 2.05) is 0 Å². The van der Waals surface area contributed by atoms with Crippen LogP contribution in [0.5, 0.6) is 0 Å². The van der Waals surface area contributed by atoms with E-state index in [-0.39, 0.29) is 18.3 Å². The van der Waals surface area contributed by atoms with E-state index in [4.69, 9.17) is 4.84 Å². The molecule has 88 valence electrons. The maximum Gasteiger partial charge on any atom is 0.265 e. The first kappa shape index (κ1) is 12.4. The van der Waals surface area contributed by atoms with Gasteiger partial charge in [0.2, 0.25) is 0 Å². The summed E-state index contributed by atoms with van der Waals surface area (Å²) in [7, 11) is 4.73. The maximum absolute atomic E-state index is 12.7. The molecular weight excluding hydrogens is 211 g/mol. The molecule has 1 amide bonds. The lowest BCUT2D eigenvalue weighted by atomic mass is 10.3. The zero-order valence-corrected chi connectivity index (χ0v) is 9.61. The Morgan fingerprint density at radius 2 is 1.88 bits per heavy atom. The number of anilines is 1. The zero-order chi connectivity index (χ0) is 12.1. The van der Waals surface area contributed by atoms with Crippen molar-refractivity contribution in [2.24, 2.45) is 0 Å². The second-order valence-electron chi connectivity index (χ2n) is 3.41. The van der Waals surface area contributed by atoms with Crippen molar-refractivity contribution in [3.8, 4) is 0 Å². The van der Waals surface area contributed by atoms with Gasteiger partial charge in [-0.1, -0.05) is 0 Å². The average Bonchev–Trinajstić information content (AvgIpc) is 2.28. The number of carbonyl (C=O) groups is 1. The number of nitrogens with zero attached hydrogens (tertiary/aromatic N) is 2. The molecule has 0 aromatic heterocycles. The molecule has 0 saturated heterocycles. The number of hydrogen-bond acceptors (Lipinski definition) is 3. The zero-order valence-electron chi connectivity index (χ0n) is 9.61. The van der Waals surface area contributed by atoms with Crippen molar-refractivity contribution in [2.75, 3.05) is 32.6 Å². The van der Waals surface area contributed by atoms with Crippen molar-refractivity contribution in [1.82, 2.24) is 5.06 Å². The Balaban J connectivity index is 2.62. The van der Waals surface area contributed by atoms with E-state index < -0.39 is 0 Å². The molecule has 0 radical (unpaired) electrons. The summed E-state index contributed by atoms with van der Waals surface area (Å²) in [6, 6.07) is 5.96. The number of benzene rings is 1. The third-order valence-electron chi connectivity index (χ3n) is 2.26. The summed E-state index contributed by atoms with van der Waals surface area (Å²) in [5.41, 5.74) is 0.777. The van der Waals surface area contributed by atoms with Crippen molar-refractivity contribution in [2.45, 2.75) is 0 Å². The summed E-state index contributed by atoms with van der Waals surface area (Å²) < 4.78 is 12.7. The summed E-state index contributed by atoms with van der Waals surface area (Å²) in [5, 5.41) is 1.15. The van der Waals surface area contributed by atoms with Crippen molar-refractivity contribution in [1.29, 1.82) is 0 Å². The fourth-order valence-electron chi connectivity index (χ4n) is 1.19. The number of hydrogen-bond donors (Lipinski definition) is 0. The summed E-state index contributed by atoms with van der Waals surface area (Å²) >= 11 is 0. The number of carbonyl (C=O) groups excluding carboxylic acids is 1. The predicted molar refractivity (Wildman–Crippen MR) is 59.4 cm³/mol. The molecule has 0 saturated carbocycles. The summed E-state index contributed by atoms with van der Waals surface area (Å²) in [6.07, 6.45) is 0. The van der Waals surface area contributed by atoms with Crippen LogP contribution in [0.25, 0.3) is 0 Å². The molecule has 0 heterocycles. The van der Waals surface area contributed by atoms with Crippen LogP contribution in [-0.4, -0.2) is 38.7 Å². The lowest BCUT2D eigenvalue weighted by molar-refractivity contribution is -0.166. The minimum absolute atomic E-state index is 0.172. The molecule has 0 aliphatic carbocycles. The maximum atomic E-state index is 12.7. The molecule has 0 aliphatic rings. The first-order valence-corrected chi connectivity index (χ1v) is 4.82. The normalized spacial score (nSPS) is 10.0. The summed E-state index contributed by atoms with van der Waals surface area (Å²) in [6.45, 7) is 0.177. The van der Waals surface area contributed by atoms with Gasteiger partial charge in [0, 0.05) is 19.8 Å². The van der Waals surface area contributed by atoms with E-state index >= 15 is 0 Å². The highest BCUT2D eigenvalue weighted by Crippen LogP contribution is 2.12. The van der Waals surface area contributed by atoms with Crippen LogP contribution in [0.1, 0.15) is 0 Å². The van der Waals surface area contributed by atoms with Crippen LogP contribution in [0.2, 0.25) is 0 Å². The molecule has 0 aliphatic heterocycles. The first-order chi connectivity index (χ1) is 7.54. The molecule has 0 N–H and O–H groups in total. The lowest BCUT2D eigenvalue weighted by Gasteiger charge is -2.21. The van der Waals surface area contributed by atoms with Crippen LogP contribution in [0.15, 0.2) is 24.3 Å². The highest BCUT2D eigenvalue weighted by molar-refractivity contribution is 5.80. The van der Waals surface area contributed by atoms with E-state index in [1.165, 1.54) is 19.2 Å². The van der Waals surface area contributed by atoms with Crippen LogP contribution >= 0.6 is 0 Å². The van der Waals surface area contributed by atoms with Gasteiger partial charge in [-0.15, -0.1) is 0 Å². The average molecular weight is 226 g/mol. The fraction of sp³-hybridized carbons (Fsp3) is 0.364. The Morgan fingerprint density at radius 1 is 1.31 bits per heavy atom. The van der Waals surface area contributed by atoms with E-state index in [2.05, 4.69) is 0 Å². The lowest BCUT2D eigenvalue weighted by Crippen LogP contribution is -2.35. The smallest absolute Gasteiger partial charge is 0.265 e. The van der Waals surface area contributed by atoms with Crippen molar-refractivity contribution in [3.05, 3.63) is 30.1 Å². The predicted octanol–water partition coefficient (Wildman–Crippen LogP) is 1.28. The Bertz CT molecular complexity index is 354. The first-order valence-electron chi connectivity index (χ1n) is 4.82. The van der Waals surface area contributed by atoms with Gasteiger partial charge < -0.3 is 4.90 Å². The second-order valence-corrected chi connectivity index (χ2v) is 3.41. The number of likely N-dealkylation sites (N-methyl/N-ethyl adjacent to an activating group) is 2. The van der Waals surface area contributed by atoms with Crippen LogP contribution in [0.4, 0.5) is 10.1 Å². The second kappa shape index (κ2) is 5.46. The van der Waals surface area contributed by atoms with E-state index in [0.29, 0.717) is 0 Å². The minimum atomic E-state index is -0.294. The van der Waals surface area contributed by atoms with Gasteiger partial charge in [0.05, 0.1) is 13.7 Å². The SMILES string of the molecule is CON(C)C(=O)CN(C)c1ccc(F)cc1. The summed E-state index contributed by atoms with van der Waals surface area (Å²) in [4.78, 5) is 18.0. The van der Waals surface area contributed by atoms with Crippen molar-refractivity contribution >= 4 is 11.6 Å². The summed E-state index contributed by atoms with van der Waals surface area (Å²) in [5.74, 6) is -0.466. The van der Waals surface area contributed by atoms with Crippen molar-refractivity contribution < 1.29 is 14.0 Å². The number of rotatable bonds is 4. The number of amides is 1. The van der Waals surface area contributed by atoms with Gasteiger partial charge in [0.15, 0.2) is 0 Å². The van der Waals surface area contributed by atoms with Gasteiger partial charge in [0.25, 0.3) is 5.91 Å². The monoisotopic (exact) mass is 226 g/mol. The third kappa shape index (κ3) is 3.20. The molecular formula is C11H15FN2O2. The van der Waals surface area contributed by atoms with E-state index in [9.17, 15) is 9.18 Å². The number of halogens is 1. The van der Waals surface area contributed by atoms with Crippen molar-refractivity contribution in [3.63, 3.8) is 0 Å². The van der Waals surface area contributed by atoms with Crippen LogP contribution in [-0.2, 0) is 9.63 Å². The Hall–Kier alpha value is -1.62. The highest BCUT2D eigenvalue weighted by atomic mass is 19.1. The van der Waals surface area contributed by atoms with Gasteiger partial charge in [0.1, 0.15) is 5.82 Å². The van der Waals surface area contributed by atoms with E-state index in [0.717, 1.165) is 10.8 Å². The van der Waals surface area contributed by atoms with E-state index in [1.54, 1.807) is 31.1 Å². The molecule has 0 fully saturated rings. The molecule has 1 aromatic carbocycles. The molecule has 4 nitrogen and oxygen atoms in total.